The average Bonchev–Trinajstić information content (AvgIpc) is 3.26. The molecule has 1 amide bonds. The predicted molar refractivity (Wildman–Crippen MR) is 136 cm³/mol. The van der Waals surface area contributed by atoms with Crippen LogP contribution in [0, 0.1) is 5.92 Å². The molecule has 182 valence electrons. The predicted octanol–water partition coefficient (Wildman–Crippen LogP) is 3.56. The standard InChI is InChI=1S/C27H27N7O2/c1-32-22-11-18-7-8-28-27(35)20(18)13-21(22)31-26(32)23-12-19-3-2-4-24(25(19)34(23)14-17-5-6-17)36-10-9-33-15-29-30-16-33/h2-4,11-13,15-17H,5-10,14H2,1H3,(H,28,35). The van der Waals surface area contributed by atoms with E-state index in [2.05, 4.69) is 49.9 Å². The van der Waals surface area contributed by atoms with Crippen molar-refractivity contribution in [2.45, 2.75) is 32.4 Å². The number of hydrogen-bond acceptors (Lipinski definition) is 5. The fourth-order valence-corrected chi connectivity index (χ4v) is 5.27. The summed E-state index contributed by atoms with van der Waals surface area (Å²) in [4.78, 5) is 17.5. The van der Waals surface area contributed by atoms with Crippen molar-refractivity contribution in [1.82, 2.24) is 34.2 Å². The molecule has 9 nitrogen and oxygen atoms in total. The Balaban J connectivity index is 1.33. The Labute approximate surface area is 207 Å². The van der Waals surface area contributed by atoms with Gasteiger partial charge in [0, 0.05) is 31.1 Å². The Morgan fingerprint density at radius 1 is 1.14 bits per heavy atom. The number of rotatable bonds is 7. The van der Waals surface area contributed by atoms with Crippen LogP contribution in [-0.4, -0.2) is 47.9 Å². The van der Waals surface area contributed by atoms with Gasteiger partial charge in [0.1, 0.15) is 25.0 Å². The Kier molecular flexibility index (Phi) is 4.83. The number of para-hydroxylation sites is 1. The largest absolute Gasteiger partial charge is 0.490 e. The summed E-state index contributed by atoms with van der Waals surface area (Å²) in [6.45, 7) is 2.83. The van der Waals surface area contributed by atoms with E-state index in [9.17, 15) is 4.79 Å². The second kappa shape index (κ2) is 8.22. The number of aryl methyl sites for hydroxylation is 1. The van der Waals surface area contributed by atoms with E-state index in [1.807, 2.05) is 22.8 Å². The Morgan fingerprint density at radius 2 is 2.00 bits per heavy atom. The zero-order valence-electron chi connectivity index (χ0n) is 20.1. The van der Waals surface area contributed by atoms with E-state index in [0.717, 1.165) is 63.3 Å². The van der Waals surface area contributed by atoms with Gasteiger partial charge in [0.2, 0.25) is 0 Å². The van der Waals surface area contributed by atoms with E-state index in [-0.39, 0.29) is 5.91 Å². The second-order valence-corrected chi connectivity index (χ2v) is 9.82. The number of aromatic nitrogens is 6. The molecule has 0 unspecified atom stereocenters. The van der Waals surface area contributed by atoms with E-state index in [1.165, 1.54) is 12.8 Å². The van der Waals surface area contributed by atoms with Gasteiger partial charge < -0.3 is 23.8 Å². The molecule has 0 atom stereocenters. The molecule has 1 saturated carbocycles. The van der Waals surface area contributed by atoms with Gasteiger partial charge in [-0.15, -0.1) is 10.2 Å². The molecule has 3 aromatic heterocycles. The highest BCUT2D eigenvalue weighted by molar-refractivity contribution is 6.00. The molecule has 2 aromatic carbocycles. The molecule has 0 radical (unpaired) electrons. The first-order chi connectivity index (χ1) is 17.7. The summed E-state index contributed by atoms with van der Waals surface area (Å²) in [5.41, 5.74) is 5.90. The summed E-state index contributed by atoms with van der Waals surface area (Å²) in [5.74, 6) is 2.44. The number of amides is 1. The zero-order chi connectivity index (χ0) is 24.2. The van der Waals surface area contributed by atoms with Crippen molar-refractivity contribution in [1.29, 1.82) is 0 Å². The molecule has 1 N–H and O–H groups in total. The van der Waals surface area contributed by atoms with Gasteiger partial charge in [-0.05, 0) is 55.0 Å². The lowest BCUT2D eigenvalue weighted by atomic mass is 9.99. The summed E-state index contributed by atoms with van der Waals surface area (Å²) in [7, 11) is 2.07. The van der Waals surface area contributed by atoms with Crippen LogP contribution >= 0.6 is 0 Å². The summed E-state index contributed by atoms with van der Waals surface area (Å²) in [6, 6.07) is 12.5. The topological polar surface area (TPSA) is 91.8 Å². The van der Waals surface area contributed by atoms with Crippen LogP contribution < -0.4 is 10.1 Å². The van der Waals surface area contributed by atoms with E-state index >= 15 is 0 Å². The van der Waals surface area contributed by atoms with Gasteiger partial charge in [-0.2, -0.15) is 0 Å². The minimum absolute atomic E-state index is 0.0125. The number of carbonyl (C=O) groups excluding carboxylic acids is 1. The molecular weight excluding hydrogens is 454 g/mol. The fraction of sp³-hybridized carbons (Fsp3) is 0.333. The van der Waals surface area contributed by atoms with Crippen LogP contribution in [0.4, 0.5) is 0 Å². The maximum absolute atomic E-state index is 12.4. The van der Waals surface area contributed by atoms with Crippen molar-refractivity contribution in [2.75, 3.05) is 13.2 Å². The Hall–Kier alpha value is -4.14. The van der Waals surface area contributed by atoms with Crippen LogP contribution in [0.3, 0.4) is 0 Å². The molecule has 1 fully saturated rings. The van der Waals surface area contributed by atoms with Crippen molar-refractivity contribution >= 4 is 27.8 Å². The number of benzene rings is 2. The zero-order valence-corrected chi connectivity index (χ0v) is 20.1. The van der Waals surface area contributed by atoms with Crippen LogP contribution in [0.5, 0.6) is 5.75 Å². The van der Waals surface area contributed by atoms with Gasteiger partial charge in [-0.3, -0.25) is 4.79 Å². The van der Waals surface area contributed by atoms with Crippen LogP contribution in [0.2, 0.25) is 0 Å². The first-order valence-electron chi connectivity index (χ1n) is 12.5. The van der Waals surface area contributed by atoms with Gasteiger partial charge >= 0.3 is 0 Å². The lowest BCUT2D eigenvalue weighted by Crippen LogP contribution is -2.31. The van der Waals surface area contributed by atoms with Gasteiger partial charge in [0.05, 0.1) is 28.8 Å². The fourth-order valence-electron chi connectivity index (χ4n) is 5.27. The number of fused-ring (bicyclic) bond motifs is 3. The van der Waals surface area contributed by atoms with Crippen molar-refractivity contribution in [3.63, 3.8) is 0 Å². The Morgan fingerprint density at radius 3 is 2.83 bits per heavy atom. The highest BCUT2D eigenvalue weighted by atomic mass is 16.5. The number of hydrogen-bond donors (Lipinski definition) is 1. The first-order valence-corrected chi connectivity index (χ1v) is 12.5. The third kappa shape index (κ3) is 3.54. The van der Waals surface area contributed by atoms with Crippen molar-refractivity contribution < 1.29 is 9.53 Å². The highest BCUT2D eigenvalue weighted by Crippen LogP contribution is 2.39. The molecule has 0 spiro atoms. The van der Waals surface area contributed by atoms with Crippen LogP contribution in [0.25, 0.3) is 33.5 Å². The normalized spacial score (nSPS) is 15.4. The number of imidazole rings is 1. The molecule has 9 heteroatoms. The quantitative estimate of drug-likeness (QED) is 0.384. The van der Waals surface area contributed by atoms with E-state index in [1.54, 1.807) is 12.7 Å². The summed E-state index contributed by atoms with van der Waals surface area (Å²) >= 11 is 0. The van der Waals surface area contributed by atoms with Gasteiger partial charge in [0.15, 0.2) is 5.82 Å². The summed E-state index contributed by atoms with van der Waals surface area (Å²) in [5, 5.41) is 11.8. The minimum Gasteiger partial charge on any atom is -0.490 e. The molecular formula is C27H27N7O2. The molecule has 36 heavy (non-hydrogen) atoms. The van der Waals surface area contributed by atoms with Crippen LogP contribution in [0.1, 0.15) is 28.8 Å². The third-order valence-electron chi connectivity index (χ3n) is 7.35. The molecule has 4 heterocycles. The molecule has 2 aliphatic rings. The number of nitrogens with zero attached hydrogens (tertiary/aromatic N) is 6. The second-order valence-electron chi connectivity index (χ2n) is 9.82. The van der Waals surface area contributed by atoms with E-state index < -0.39 is 0 Å². The van der Waals surface area contributed by atoms with Crippen molar-refractivity contribution in [2.24, 2.45) is 13.0 Å². The number of nitrogens with one attached hydrogen (secondary N) is 1. The maximum Gasteiger partial charge on any atom is 0.251 e. The van der Waals surface area contributed by atoms with Gasteiger partial charge in [-0.1, -0.05) is 12.1 Å². The molecule has 7 rings (SSSR count). The van der Waals surface area contributed by atoms with E-state index in [0.29, 0.717) is 25.6 Å². The number of carbonyl (C=O) groups is 1. The maximum atomic E-state index is 12.4. The minimum atomic E-state index is -0.0125. The lowest BCUT2D eigenvalue weighted by molar-refractivity contribution is 0.0946. The van der Waals surface area contributed by atoms with Crippen molar-refractivity contribution in [3.8, 4) is 17.3 Å². The lowest BCUT2D eigenvalue weighted by Gasteiger charge is -2.16. The molecule has 5 aromatic rings. The third-order valence-corrected chi connectivity index (χ3v) is 7.35. The Bertz CT molecular complexity index is 1610. The van der Waals surface area contributed by atoms with Crippen LogP contribution in [0.15, 0.2) is 49.1 Å². The van der Waals surface area contributed by atoms with Crippen molar-refractivity contribution in [3.05, 3.63) is 60.2 Å². The monoisotopic (exact) mass is 481 g/mol. The van der Waals surface area contributed by atoms with E-state index in [4.69, 9.17) is 9.72 Å². The highest BCUT2D eigenvalue weighted by Gasteiger charge is 2.27. The molecule has 0 saturated heterocycles. The average molecular weight is 482 g/mol. The smallest absolute Gasteiger partial charge is 0.251 e. The van der Waals surface area contributed by atoms with Crippen LogP contribution in [-0.2, 0) is 26.6 Å². The summed E-state index contributed by atoms with van der Waals surface area (Å²) in [6.07, 6.45) is 6.74. The van der Waals surface area contributed by atoms with Gasteiger partial charge in [0.25, 0.3) is 5.91 Å². The summed E-state index contributed by atoms with van der Waals surface area (Å²) < 4.78 is 12.7. The first kappa shape index (κ1) is 21.2. The van der Waals surface area contributed by atoms with Gasteiger partial charge in [-0.25, -0.2) is 4.98 Å². The molecule has 1 aliphatic carbocycles. The molecule has 1 aliphatic heterocycles. The SMILES string of the molecule is Cn1c(-c2cc3cccc(OCCn4cnnc4)c3n2CC2CC2)nc2cc3c(cc21)CCNC3=O. The molecule has 0 bridgehead atoms. The number of ether oxygens (including phenoxy) is 1.